The van der Waals surface area contributed by atoms with Crippen LogP contribution in [0, 0.1) is 12.8 Å². The van der Waals surface area contributed by atoms with Gasteiger partial charge in [-0.1, -0.05) is 51.8 Å². The Bertz CT molecular complexity index is 404. The molecule has 0 heterocycles. The molecule has 0 aliphatic rings. The van der Waals surface area contributed by atoms with Crippen molar-refractivity contribution in [2.75, 3.05) is 6.54 Å². The molecule has 1 N–H and O–H groups in total. The lowest BCUT2D eigenvalue weighted by molar-refractivity contribution is 0.0952. The second-order valence-corrected chi connectivity index (χ2v) is 6.41. The number of carbonyl (C=O) groups is 1. The molecule has 94 valence electrons. The molecule has 1 atom stereocenters. The van der Waals surface area contributed by atoms with Gasteiger partial charge in [0.25, 0.3) is 5.91 Å². The average Bonchev–Trinajstić information content (AvgIpc) is 2.29. The summed E-state index contributed by atoms with van der Waals surface area (Å²) in [5.41, 5.74) is 1.70. The standard InChI is InChI=1S/C13H17Br2NO/c1-8(2)12(15)7-16-13(17)10-5-4-6-11(14)9(10)3/h4-6,8,12H,7H2,1-3H3,(H,16,17). The first-order valence-corrected chi connectivity index (χ1v) is 7.31. The molecule has 1 unspecified atom stereocenters. The van der Waals surface area contributed by atoms with E-state index in [1.165, 1.54) is 0 Å². The lowest BCUT2D eigenvalue weighted by atomic mass is 10.1. The molecule has 1 rings (SSSR count). The summed E-state index contributed by atoms with van der Waals surface area (Å²) in [6.45, 7) is 6.82. The Balaban J connectivity index is 2.68. The molecule has 2 nitrogen and oxygen atoms in total. The van der Waals surface area contributed by atoms with Crippen LogP contribution in [-0.2, 0) is 0 Å². The second kappa shape index (κ2) is 6.55. The van der Waals surface area contributed by atoms with E-state index >= 15 is 0 Å². The maximum Gasteiger partial charge on any atom is 0.251 e. The highest BCUT2D eigenvalue weighted by Gasteiger charge is 2.13. The minimum atomic E-state index is -0.0195. The van der Waals surface area contributed by atoms with Gasteiger partial charge in [-0.25, -0.2) is 0 Å². The summed E-state index contributed by atoms with van der Waals surface area (Å²) in [5, 5.41) is 2.94. The summed E-state index contributed by atoms with van der Waals surface area (Å²) in [4.78, 5) is 12.3. The van der Waals surface area contributed by atoms with Crippen LogP contribution in [0.5, 0.6) is 0 Å². The normalized spacial score (nSPS) is 12.6. The molecular formula is C13H17Br2NO. The Hall–Kier alpha value is -0.350. The molecule has 0 fully saturated rings. The van der Waals surface area contributed by atoms with Gasteiger partial charge in [0.05, 0.1) is 0 Å². The molecular weight excluding hydrogens is 346 g/mol. The predicted molar refractivity (Wildman–Crippen MR) is 78.8 cm³/mol. The number of halogens is 2. The highest BCUT2D eigenvalue weighted by Crippen LogP contribution is 2.19. The van der Waals surface area contributed by atoms with Crippen LogP contribution in [-0.4, -0.2) is 17.3 Å². The van der Waals surface area contributed by atoms with Gasteiger partial charge in [0.1, 0.15) is 0 Å². The van der Waals surface area contributed by atoms with E-state index in [2.05, 4.69) is 51.0 Å². The number of hydrogen-bond donors (Lipinski definition) is 1. The fraction of sp³-hybridized carbons (Fsp3) is 0.462. The molecule has 1 aromatic rings. The van der Waals surface area contributed by atoms with Crippen molar-refractivity contribution in [2.45, 2.75) is 25.6 Å². The number of nitrogens with one attached hydrogen (secondary N) is 1. The van der Waals surface area contributed by atoms with Crippen LogP contribution >= 0.6 is 31.9 Å². The summed E-state index contributed by atoms with van der Waals surface area (Å²) < 4.78 is 0.962. The third-order valence-electron chi connectivity index (χ3n) is 2.69. The molecule has 0 saturated carbocycles. The van der Waals surface area contributed by atoms with Gasteiger partial charge in [0.2, 0.25) is 0 Å². The minimum Gasteiger partial charge on any atom is -0.351 e. The number of hydrogen-bond acceptors (Lipinski definition) is 1. The quantitative estimate of drug-likeness (QED) is 0.808. The van der Waals surface area contributed by atoms with Crippen molar-refractivity contribution in [3.05, 3.63) is 33.8 Å². The molecule has 0 aliphatic heterocycles. The van der Waals surface area contributed by atoms with Crippen molar-refractivity contribution in [2.24, 2.45) is 5.92 Å². The van der Waals surface area contributed by atoms with Gasteiger partial charge in [0.15, 0.2) is 0 Å². The van der Waals surface area contributed by atoms with Gasteiger partial charge in [-0.3, -0.25) is 4.79 Å². The SMILES string of the molecule is Cc1c(Br)cccc1C(=O)NCC(Br)C(C)C. The van der Waals surface area contributed by atoms with Crippen LogP contribution < -0.4 is 5.32 Å². The molecule has 1 amide bonds. The van der Waals surface area contributed by atoms with E-state index in [-0.39, 0.29) is 5.91 Å². The van der Waals surface area contributed by atoms with Gasteiger partial charge in [-0.05, 0) is 30.5 Å². The van der Waals surface area contributed by atoms with E-state index in [1.54, 1.807) is 0 Å². The summed E-state index contributed by atoms with van der Waals surface area (Å²) in [6, 6.07) is 5.65. The van der Waals surface area contributed by atoms with Crippen LogP contribution in [0.1, 0.15) is 29.8 Å². The van der Waals surface area contributed by atoms with Gasteiger partial charge in [0, 0.05) is 21.4 Å². The van der Waals surface area contributed by atoms with Gasteiger partial charge < -0.3 is 5.32 Å². The van der Waals surface area contributed by atoms with Crippen molar-refractivity contribution in [3.8, 4) is 0 Å². The van der Waals surface area contributed by atoms with E-state index in [9.17, 15) is 4.79 Å². The monoisotopic (exact) mass is 361 g/mol. The number of carbonyl (C=O) groups excluding carboxylic acids is 1. The topological polar surface area (TPSA) is 29.1 Å². The molecule has 0 aromatic heterocycles. The zero-order valence-corrected chi connectivity index (χ0v) is 13.4. The van der Waals surface area contributed by atoms with Crippen molar-refractivity contribution >= 4 is 37.8 Å². The average molecular weight is 363 g/mol. The number of alkyl halides is 1. The van der Waals surface area contributed by atoms with Crippen LogP contribution in [0.15, 0.2) is 22.7 Å². The summed E-state index contributed by atoms with van der Waals surface area (Å²) in [7, 11) is 0. The molecule has 0 aliphatic carbocycles. The van der Waals surface area contributed by atoms with Crippen molar-refractivity contribution in [1.29, 1.82) is 0 Å². The molecule has 1 aromatic carbocycles. The maximum absolute atomic E-state index is 12.0. The Kier molecular flexibility index (Phi) is 5.67. The van der Waals surface area contributed by atoms with Gasteiger partial charge >= 0.3 is 0 Å². The first-order chi connectivity index (χ1) is 7.93. The maximum atomic E-state index is 12.0. The zero-order chi connectivity index (χ0) is 13.0. The van der Waals surface area contributed by atoms with E-state index in [0.29, 0.717) is 17.3 Å². The Morgan fingerprint density at radius 1 is 1.41 bits per heavy atom. The second-order valence-electron chi connectivity index (χ2n) is 4.38. The lowest BCUT2D eigenvalue weighted by Gasteiger charge is -2.15. The third-order valence-corrected chi connectivity index (χ3v) is 4.93. The molecule has 0 bridgehead atoms. The Morgan fingerprint density at radius 2 is 2.06 bits per heavy atom. The highest BCUT2D eigenvalue weighted by atomic mass is 79.9. The third kappa shape index (κ3) is 4.11. The van der Waals surface area contributed by atoms with Gasteiger partial charge in [-0.15, -0.1) is 0 Å². The van der Waals surface area contributed by atoms with E-state index in [1.807, 2.05) is 25.1 Å². The van der Waals surface area contributed by atoms with Crippen LogP contribution in [0.4, 0.5) is 0 Å². The Morgan fingerprint density at radius 3 is 2.65 bits per heavy atom. The smallest absolute Gasteiger partial charge is 0.251 e. The molecule has 17 heavy (non-hydrogen) atoms. The van der Waals surface area contributed by atoms with Crippen LogP contribution in [0.25, 0.3) is 0 Å². The molecule has 0 spiro atoms. The fourth-order valence-electron chi connectivity index (χ4n) is 1.37. The van der Waals surface area contributed by atoms with E-state index in [0.717, 1.165) is 15.6 Å². The molecule has 0 radical (unpaired) electrons. The minimum absolute atomic E-state index is 0.0195. The lowest BCUT2D eigenvalue weighted by Crippen LogP contribution is -2.32. The first-order valence-electron chi connectivity index (χ1n) is 5.61. The van der Waals surface area contributed by atoms with E-state index in [4.69, 9.17) is 0 Å². The summed E-state index contributed by atoms with van der Waals surface area (Å²) in [6.07, 6.45) is 0. The fourth-order valence-corrected chi connectivity index (χ4v) is 1.90. The highest BCUT2D eigenvalue weighted by molar-refractivity contribution is 9.10. The summed E-state index contributed by atoms with van der Waals surface area (Å²) >= 11 is 6.98. The summed E-state index contributed by atoms with van der Waals surface area (Å²) in [5.74, 6) is 0.479. The van der Waals surface area contributed by atoms with E-state index < -0.39 is 0 Å². The van der Waals surface area contributed by atoms with Crippen LogP contribution in [0.3, 0.4) is 0 Å². The molecule has 0 saturated heterocycles. The van der Waals surface area contributed by atoms with Crippen molar-refractivity contribution in [3.63, 3.8) is 0 Å². The van der Waals surface area contributed by atoms with Crippen molar-refractivity contribution < 1.29 is 4.79 Å². The molecule has 4 heteroatoms. The largest absolute Gasteiger partial charge is 0.351 e. The van der Waals surface area contributed by atoms with Crippen molar-refractivity contribution in [1.82, 2.24) is 5.32 Å². The van der Waals surface area contributed by atoms with Crippen LogP contribution in [0.2, 0.25) is 0 Å². The van der Waals surface area contributed by atoms with Gasteiger partial charge in [-0.2, -0.15) is 0 Å². The Labute approximate surface area is 119 Å². The number of benzene rings is 1. The number of amides is 1. The predicted octanol–water partition coefficient (Wildman–Crippen LogP) is 3.91. The number of rotatable bonds is 4. The first kappa shape index (κ1) is 14.7. The zero-order valence-electron chi connectivity index (χ0n) is 10.3.